The summed E-state index contributed by atoms with van der Waals surface area (Å²) in [4.78, 5) is 36.3. The van der Waals surface area contributed by atoms with Crippen LogP contribution in [0.15, 0.2) is 60.8 Å². The van der Waals surface area contributed by atoms with Crippen LogP contribution >= 0.6 is 0 Å². The highest BCUT2D eigenvalue weighted by molar-refractivity contribution is 5.94. The Balaban J connectivity index is 1.40. The molecule has 236 valence electrons. The Bertz CT molecular complexity index is 1890. The fourth-order valence-electron chi connectivity index (χ4n) is 5.82. The van der Waals surface area contributed by atoms with Crippen LogP contribution < -0.4 is 21.1 Å². The molecule has 4 N–H and O–H groups in total. The summed E-state index contributed by atoms with van der Waals surface area (Å²) in [6.07, 6.45) is 2.27. The summed E-state index contributed by atoms with van der Waals surface area (Å²) in [5, 5.41) is 7.70. The van der Waals surface area contributed by atoms with Crippen molar-refractivity contribution < 1.29 is 23.5 Å². The van der Waals surface area contributed by atoms with Gasteiger partial charge >= 0.3 is 6.09 Å². The number of anilines is 3. The lowest BCUT2D eigenvalue weighted by Gasteiger charge is -2.28. The van der Waals surface area contributed by atoms with Gasteiger partial charge in [0.15, 0.2) is 18.2 Å². The number of aromatic nitrogens is 1. The Labute approximate surface area is 266 Å². The maximum atomic E-state index is 15.6. The third kappa shape index (κ3) is 6.24. The predicted molar refractivity (Wildman–Crippen MR) is 174 cm³/mol. The van der Waals surface area contributed by atoms with Crippen LogP contribution in [0.2, 0.25) is 0 Å². The molecule has 1 fully saturated rings. The number of pyridine rings is 1. The third-order valence-corrected chi connectivity index (χ3v) is 8.68. The molecule has 2 amide bonds. The van der Waals surface area contributed by atoms with E-state index < -0.39 is 23.5 Å². The molecule has 2 aliphatic heterocycles. The first kappa shape index (κ1) is 30.6. The fourth-order valence-corrected chi connectivity index (χ4v) is 5.82. The quantitative estimate of drug-likeness (QED) is 0.215. The number of rotatable bonds is 5. The molecule has 3 aromatic carbocycles. The van der Waals surface area contributed by atoms with Crippen molar-refractivity contribution in [3.63, 3.8) is 0 Å². The molecular weight excluding hydrogens is 587 g/mol. The number of amides is 2. The Morgan fingerprint density at radius 3 is 2.74 bits per heavy atom. The minimum absolute atomic E-state index is 0.0303. The van der Waals surface area contributed by atoms with Gasteiger partial charge in [-0.1, -0.05) is 25.1 Å². The van der Waals surface area contributed by atoms with Crippen molar-refractivity contribution in [3.8, 4) is 5.75 Å². The van der Waals surface area contributed by atoms with E-state index in [1.165, 1.54) is 4.90 Å². The SMILES string of the molecule is [C-]#[N+]C1(COc2c(F)cc3cc2CN(C)C(=O)[C@H](Nc2ccc4c(N)nccc4c2)c2ccc(c(C)c2)[C@@H](C)COC(=O)N3)CC1. The molecule has 4 aromatic rings. The molecule has 0 unspecified atom stereocenters. The van der Waals surface area contributed by atoms with Gasteiger partial charge in [0.2, 0.25) is 5.91 Å². The van der Waals surface area contributed by atoms with Crippen molar-refractivity contribution in [1.29, 1.82) is 0 Å². The summed E-state index contributed by atoms with van der Waals surface area (Å²) >= 11 is 0. The van der Waals surface area contributed by atoms with Crippen LogP contribution in [0.5, 0.6) is 5.75 Å². The van der Waals surface area contributed by atoms with E-state index in [-0.39, 0.29) is 43.0 Å². The van der Waals surface area contributed by atoms with Gasteiger partial charge in [-0.2, -0.15) is 0 Å². The number of halogens is 1. The zero-order chi connectivity index (χ0) is 32.6. The van der Waals surface area contributed by atoms with Crippen LogP contribution in [0, 0.1) is 19.3 Å². The van der Waals surface area contributed by atoms with Crippen LogP contribution in [0.4, 0.5) is 26.4 Å². The molecule has 0 radical (unpaired) electrons. The van der Waals surface area contributed by atoms with Gasteiger partial charge in [-0.15, -0.1) is 0 Å². The zero-order valence-corrected chi connectivity index (χ0v) is 25.9. The maximum absolute atomic E-state index is 15.6. The van der Waals surface area contributed by atoms with Crippen LogP contribution in [-0.2, 0) is 16.1 Å². The minimum atomic E-state index is -0.803. The molecule has 1 aliphatic carbocycles. The second-order valence-corrected chi connectivity index (χ2v) is 12.2. The van der Waals surface area contributed by atoms with Crippen LogP contribution in [0.3, 0.4) is 0 Å². The summed E-state index contributed by atoms with van der Waals surface area (Å²) in [5.74, 6) is -0.771. The van der Waals surface area contributed by atoms with E-state index in [0.717, 1.165) is 33.5 Å². The topological polar surface area (TPSA) is 123 Å². The number of nitrogens with zero attached hydrogens (tertiary/aromatic N) is 3. The van der Waals surface area contributed by atoms with Gasteiger partial charge < -0.3 is 30.3 Å². The number of nitrogens with two attached hydrogens (primary N) is 1. The summed E-state index contributed by atoms with van der Waals surface area (Å²) in [6, 6.07) is 15.2. The van der Waals surface area contributed by atoms with E-state index in [1.807, 2.05) is 56.3 Å². The standard InChI is InChI=1S/C35H35FN6O4/c1-20-13-23-5-7-27(20)21(2)18-45-34(44)41-26-15-24(31(29(36)16-26)46-19-35(38-3)10-11-35)17-42(4)33(43)30(23)40-25-6-8-28-22(14-25)9-12-39-32(28)37/h5-9,12-16,21,30,40H,10-11,17-19H2,1-2,4H3,(H2,37,39)(H,41,44)/t21-,30+/m0/s1. The van der Waals surface area contributed by atoms with Crippen LogP contribution in [-0.4, -0.2) is 47.7 Å². The highest BCUT2D eigenvalue weighted by atomic mass is 19.1. The van der Waals surface area contributed by atoms with Crippen molar-refractivity contribution in [2.45, 2.75) is 50.7 Å². The highest BCUT2D eigenvalue weighted by Crippen LogP contribution is 2.41. The van der Waals surface area contributed by atoms with Gasteiger partial charge in [0.1, 0.15) is 11.9 Å². The number of aryl methyl sites for hydroxylation is 1. The third-order valence-electron chi connectivity index (χ3n) is 8.68. The molecule has 11 heteroatoms. The summed E-state index contributed by atoms with van der Waals surface area (Å²) < 4.78 is 27.0. The number of fused-ring (bicyclic) bond motifs is 10. The highest BCUT2D eigenvalue weighted by Gasteiger charge is 2.52. The first-order valence-corrected chi connectivity index (χ1v) is 15.1. The average molecular weight is 623 g/mol. The Kier molecular flexibility index (Phi) is 8.13. The van der Waals surface area contributed by atoms with Gasteiger partial charge in [-0.05, 0) is 59.3 Å². The van der Waals surface area contributed by atoms with E-state index in [1.54, 1.807) is 19.3 Å². The van der Waals surface area contributed by atoms with Gasteiger partial charge in [0, 0.05) is 66.9 Å². The van der Waals surface area contributed by atoms with Gasteiger partial charge in [0.25, 0.3) is 5.54 Å². The molecule has 46 heavy (non-hydrogen) atoms. The van der Waals surface area contributed by atoms with Crippen LogP contribution in [0.25, 0.3) is 15.6 Å². The monoisotopic (exact) mass is 622 g/mol. The Hall–Kier alpha value is -5.37. The molecule has 2 atom stereocenters. The van der Waals surface area contributed by atoms with E-state index >= 15 is 4.39 Å². The minimum Gasteiger partial charge on any atom is -0.482 e. The lowest BCUT2D eigenvalue weighted by Crippen LogP contribution is -2.35. The second-order valence-electron chi connectivity index (χ2n) is 12.2. The predicted octanol–water partition coefficient (Wildman–Crippen LogP) is 6.57. The molecule has 7 rings (SSSR count). The summed E-state index contributed by atoms with van der Waals surface area (Å²) in [6.45, 7) is 11.5. The van der Waals surface area contributed by atoms with Crippen molar-refractivity contribution >= 4 is 40.0 Å². The summed E-state index contributed by atoms with van der Waals surface area (Å²) in [5.41, 5.74) is 9.26. The molecule has 1 aromatic heterocycles. The number of nitrogens with one attached hydrogen (secondary N) is 2. The number of ether oxygens (including phenoxy) is 2. The smallest absolute Gasteiger partial charge is 0.411 e. The summed E-state index contributed by atoms with van der Waals surface area (Å²) in [7, 11) is 1.63. The molecule has 3 aliphatic rings. The first-order chi connectivity index (χ1) is 22.1. The zero-order valence-electron chi connectivity index (χ0n) is 25.9. The van der Waals surface area contributed by atoms with Crippen molar-refractivity contribution in [1.82, 2.24) is 9.88 Å². The van der Waals surface area contributed by atoms with Crippen LogP contribution in [0.1, 0.15) is 54.0 Å². The largest absolute Gasteiger partial charge is 0.482 e. The van der Waals surface area contributed by atoms with Crippen molar-refractivity contribution in [2.24, 2.45) is 0 Å². The molecule has 0 spiro atoms. The molecule has 4 bridgehead atoms. The van der Waals surface area contributed by atoms with Crippen molar-refractivity contribution in [3.05, 3.63) is 100 Å². The second kappa shape index (κ2) is 12.2. The van der Waals surface area contributed by atoms with Gasteiger partial charge in [0.05, 0.1) is 6.61 Å². The molecule has 3 heterocycles. The lowest BCUT2D eigenvalue weighted by atomic mass is 9.93. The maximum Gasteiger partial charge on any atom is 0.411 e. The lowest BCUT2D eigenvalue weighted by molar-refractivity contribution is -0.131. The number of likely N-dealkylation sites (N-methyl/N-ethyl adjacent to an activating group) is 1. The van der Waals surface area contributed by atoms with E-state index in [9.17, 15) is 9.59 Å². The van der Waals surface area contributed by atoms with Crippen molar-refractivity contribution in [2.75, 3.05) is 36.6 Å². The average Bonchev–Trinajstić information content (AvgIpc) is 3.81. The normalized spacial score (nSPS) is 19.2. The van der Waals surface area contributed by atoms with E-state index in [4.69, 9.17) is 21.8 Å². The first-order valence-electron chi connectivity index (χ1n) is 15.1. The number of nitrogen functional groups attached to an aromatic ring is 1. The van der Waals surface area contributed by atoms with Gasteiger partial charge in [-0.3, -0.25) is 10.1 Å². The Morgan fingerprint density at radius 1 is 1.20 bits per heavy atom. The van der Waals surface area contributed by atoms with E-state index in [0.29, 0.717) is 29.9 Å². The molecule has 10 nitrogen and oxygen atoms in total. The molecular formula is C35H35FN6O4. The van der Waals surface area contributed by atoms with E-state index in [2.05, 4.69) is 20.5 Å². The number of benzene rings is 3. The Morgan fingerprint density at radius 2 is 2.00 bits per heavy atom. The number of carbonyl (C=O) groups is 2. The van der Waals surface area contributed by atoms with Gasteiger partial charge in [-0.25, -0.2) is 20.7 Å². The molecule has 1 saturated carbocycles. The number of carbonyl (C=O) groups excluding carboxylic acids is 2. The number of hydrogen-bond donors (Lipinski definition) is 3. The fraction of sp³-hybridized carbons (Fsp3) is 0.314. The molecule has 0 saturated heterocycles. The number of hydrogen-bond acceptors (Lipinski definition) is 7.